The molecular formula is C24H31N3O3. The molecule has 3 N–H and O–H groups in total. The summed E-state index contributed by atoms with van der Waals surface area (Å²) in [4.78, 5) is 24.4. The number of nitrogens with one attached hydrogen (secondary N) is 3. The molecule has 2 aromatic carbocycles. The Bertz CT molecular complexity index is 881. The van der Waals surface area contributed by atoms with Crippen LogP contribution in [-0.2, 0) is 11.3 Å². The van der Waals surface area contributed by atoms with Crippen molar-refractivity contribution in [3.05, 3.63) is 58.7 Å². The summed E-state index contributed by atoms with van der Waals surface area (Å²) in [6.07, 6.45) is 4.83. The summed E-state index contributed by atoms with van der Waals surface area (Å²) in [6, 6.07) is 11.4. The quantitative estimate of drug-likeness (QED) is 0.635. The summed E-state index contributed by atoms with van der Waals surface area (Å²) in [5.41, 5.74) is 4.88. The fourth-order valence-electron chi connectivity index (χ4n) is 3.91. The molecule has 0 bridgehead atoms. The second kappa shape index (κ2) is 10.1. The van der Waals surface area contributed by atoms with Gasteiger partial charge in [-0.05, 0) is 63.6 Å². The minimum atomic E-state index is -0.391. The summed E-state index contributed by atoms with van der Waals surface area (Å²) in [5.74, 6) is 0.554. The summed E-state index contributed by atoms with van der Waals surface area (Å²) < 4.78 is 6.10. The van der Waals surface area contributed by atoms with E-state index in [1.54, 1.807) is 0 Å². The molecule has 6 nitrogen and oxygen atoms in total. The lowest BCUT2D eigenvalue weighted by atomic mass is 10.1. The van der Waals surface area contributed by atoms with Crippen molar-refractivity contribution in [2.24, 2.45) is 0 Å². The minimum Gasteiger partial charge on any atom is -0.490 e. The van der Waals surface area contributed by atoms with E-state index in [0.717, 1.165) is 46.5 Å². The number of urea groups is 1. The predicted octanol–water partition coefficient (Wildman–Crippen LogP) is 4.37. The number of para-hydroxylation sites is 1. The van der Waals surface area contributed by atoms with Gasteiger partial charge in [0.1, 0.15) is 5.75 Å². The van der Waals surface area contributed by atoms with Crippen LogP contribution in [0.5, 0.6) is 5.75 Å². The van der Waals surface area contributed by atoms with Gasteiger partial charge in [-0.25, -0.2) is 4.79 Å². The Morgan fingerprint density at radius 2 is 1.67 bits per heavy atom. The van der Waals surface area contributed by atoms with Gasteiger partial charge in [0.05, 0.1) is 12.6 Å². The summed E-state index contributed by atoms with van der Waals surface area (Å²) in [5, 5.41) is 8.30. The monoisotopic (exact) mass is 409 g/mol. The number of rotatable bonds is 7. The van der Waals surface area contributed by atoms with Crippen LogP contribution >= 0.6 is 0 Å². The van der Waals surface area contributed by atoms with Gasteiger partial charge in [-0.1, -0.05) is 35.9 Å². The molecule has 2 aromatic rings. The zero-order valence-electron chi connectivity index (χ0n) is 18.0. The molecule has 0 spiro atoms. The average molecular weight is 410 g/mol. The van der Waals surface area contributed by atoms with Gasteiger partial charge in [0.25, 0.3) is 0 Å². The second-order valence-electron chi connectivity index (χ2n) is 7.99. The molecule has 6 heteroatoms. The van der Waals surface area contributed by atoms with Crippen molar-refractivity contribution in [2.45, 2.75) is 59.1 Å². The van der Waals surface area contributed by atoms with Gasteiger partial charge in [0.2, 0.25) is 5.91 Å². The van der Waals surface area contributed by atoms with Crippen molar-refractivity contribution in [3.63, 3.8) is 0 Å². The standard InChI is InChI=1S/C24H31N3O3/c1-16-12-17(2)23(18(3)13-16)27-22(28)15-26-24(29)25-14-19-8-4-7-11-21(19)30-20-9-5-6-10-20/h4,7-8,11-13,20H,5-6,9-10,14-15H2,1-3H3,(H,27,28)(H2,25,26,29). The Labute approximate surface area is 178 Å². The van der Waals surface area contributed by atoms with E-state index < -0.39 is 6.03 Å². The molecule has 0 unspecified atom stereocenters. The maximum absolute atomic E-state index is 12.3. The van der Waals surface area contributed by atoms with E-state index >= 15 is 0 Å². The molecule has 1 aliphatic carbocycles. The third-order valence-corrected chi connectivity index (χ3v) is 5.36. The minimum absolute atomic E-state index is 0.0984. The zero-order valence-corrected chi connectivity index (χ0v) is 18.0. The maximum atomic E-state index is 12.3. The first kappa shape index (κ1) is 21.7. The van der Waals surface area contributed by atoms with Crippen molar-refractivity contribution in [1.82, 2.24) is 10.6 Å². The Balaban J connectivity index is 1.47. The molecule has 0 aliphatic heterocycles. The highest BCUT2D eigenvalue weighted by molar-refractivity contribution is 5.95. The Hall–Kier alpha value is -3.02. The first-order chi connectivity index (χ1) is 14.4. The van der Waals surface area contributed by atoms with Crippen LogP contribution in [0.1, 0.15) is 47.9 Å². The van der Waals surface area contributed by atoms with E-state index in [4.69, 9.17) is 4.74 Å². The van der Waals surface area contributed by atoms with Gasteiger partial charge in [0.15, 0.2) is 0 Å². The SMILES string of the molecule is Cc1cc(C)c(NC(=O)CNC(=O)NCc2ccccc2OC2CCCC2)c(C)c1. The van der Waals surface area contributed by atoms with E-state index in [2.05, 4.69) is 16.0 Å². The topological polar surface area (TPSA) is 79.5 Å². The smallest absolute Gasteiger partial charge is 0.315 e. The fraction of sp³-hybridized carbons (Fsp3) is 0.417. The molecule has 0 heterocycles. The number of carbonyl (C=O) groups excluding carboxylic acids is 2. The summed E-state index contributed by atoms with van der Waals surface area (Å²) >= 11 is 0. The normalized spacial score (nSPS) is 13.7. The number of carbonyl (C=O) groups is 2. The third-order valence-electron chi connectivity index (χ3n) is 5.36. The Morgan fingerprint density at radius 3 is 2.37 bits per heavy atom. The number of benzene rings is 2. The molecule has 1 fully saturated rings. The highest BCUT2D eigenvalue weighted by Crippen LogP contribution is 2.26. The lowest BCUT2D eigenvalue weighted by Crippen LogP contribution is -2.39. The van der Waals surface area contributed by atoms with Crippen LogP contribution in [-0.4, -0.2) is 24.6 Å². The first-order valence-corrected chi connectivity index (χ1v) is 10.6. The van der Waals surface area contributed by atoms with E-state index in [1.165, 1.54) is 12.8 Å². The van der Waals surface area contributed by atoms with Crippen molar-refractivity contribution >= 4 is 17.6 Å². The fourth-order valence-corrected chi connectivity index (χ4v) is 3.91. The molecule has 3 amide bonds. The molecule has 1 aliphatic rings. The van der Waals surface area contributed by atoms with Gasteiger partial charge in [-0.15, -0.1) is 0 Å². The molecule has 0 saturated heterocycles. The van der Waals surface area contributed by atoms with Gasteiger partial charge >= 0.3 is 6.03 Å². The lowest BCUT2D eigenvalue weighted by molar-refractivity contribution is -0.115. The predicted molar refractivity (Wildman–Crippen MR) is 119 cm³/mol. The number of ether oxygens (including phenoxy) is 1. The largest absolute Gasteiger partial charge is 0.490 e. The first-order valence-electron chi connectivity index (χ1n) is 10.6. The second-order valence-corrected chi connectivity index (χ2v) is 7.99. The van der Waals surface area contributed by atoms with Crippen LogP contribution in [0.25, 0.3) is 0 Å². The zero-order chi connectivity index (χ0) is 21.5. The number of aryl methyl sites for hydroxylation is 3. The van der Waals surface area contributed by atoms with Crippen LogP contribution in [0.3, 0.4) is 0 Å². The number of hydrogen-bond acceptors (Lipinski definition) is 3. The molecule has 160 valence electrons. The molecule has 1 saturated carbocycles. The van der Waals surface area contributed by atoms with Gasteiger partial charge < -0.3 is 20.7 Å². The molecule has 3 rings (SSSR count). The van der Waals surface area contributed by atoms with Crippen LogP contribution in [0.2, 0.25) is 0 Å². The highest BCUT2D eigenvalue weighted by Gasteiger charge is 2.18. The third kappa shape index (κ3) is 5.99. The average Bonchev–Trinajstić information content (AvgIpc) is 3.21. The van der Waals surface area contributed by atoms with Crippen LogP contribution < -0.4 is 20.7 Å². The molecule has 0 radical (unpaired) electrons. The number of hydrogen-bond donors (Lipinski definition) is 3. The van der Waals surface area contributed by atoms with E-state index in [0.29, 0.717) is 6.54 Å². The van der Waals surface area contributed by atoms with E-state index in [1.807, 2.05) is 57.2 Å². The highest BCUT2D eigenvalue weighted by atomic mass is 16.5. The van der Waals surface area contributed by atoms with E-state index in [-0.39, 0.29) is 18.6 Å². The van der Waals surface area contributed by atoms with Crippen molar-refractivity contribution in [2.75, 3.05) is 11.9 Å². The lowest BCUT2D eigenvalue weighted by Gasteiger charge is -2.17. The summed E-state index contributed by atoms with van der Waals surface area (Å²) in [7, 11) is 0. The Morgan fingerprint density at radius 1 is 1.00 bits per heavy atom. The van der Waals surface area contributed by atoms with E-state index in [9.17, 15) is 9.59 Å². The van der Waals surface area contributed by atoms with Gasteiger partial charge in [-0.2, -0.15) is 0 Å². The maximum Gasteiger partial charge on any atom is 0.315 e. The van der Waals surface area contributed by atoms with Crippen molar-refractivity contribution in [3.8, 4) is 5.75 Å². The van der Waals surface area contributed by atoms with Crippen LogP contribution in [0.15, 0.2) is 36.4 Å². The van der Waals surface area contributed by atoms with Crippen molar-refractivity contribution < 1.29 is 14.3 Å². The van der Waals surface area contributed by atoms with Crippen LogP contribution in [0, 0.1) is 20.8 Å². The Kier molecular flexibility index (Phi) is 7.33. The molecular weight excluding hydrogens is 378 g/mol. The molecule has 0 atom stereocenters. The van der Waals surface area contributed by atoms with Gasteiger partial charge in [-0.3, -0.25) is 4.79 Å². The summed E-state index contributed by atoms with van der Waals surface area (Å²) in [6.45, 7) is 6.18. The molecule has 30 heavy (non-hydrogen) atoms. The number of amides is 3. The molecule has 0 aromatic heterocycles. The van der Waals surface area contributed by atoms with Gasteiger partial charge in [0, 0.05) is 17.8 Å². The van der Waals surface area contributed by atoms with Crippen LogP contribution in [0.4, 0.5) is 10.5 Å². The van der Waals surface area contributed by atoms with Crippen molar-refractivity contribution in [1.29, 1.82) is 0 Å². The number of anilines is 1.